The van der Waals surface area contributed by atoms with Crippen LogP contribution >= 0.6 is 11.8 Å². The van der Waals surface area contributed by atoms with Gasteiger partial charge >= 0.3 is 5.97 Å². The molecule has 0 bridgehead atoms. The number of thioether (sulfide) groups is 1. The molecule has 2 rings (SSSR count). The number of allylic oxidation sites excluding steroid dienone is 5. The van der Waals surface area contributed by atoms with Crippen LogP contribution < -0.4 is 5.73 Å². The van der Waals surface area contributed by atoms with Gasteiger partial charge in [-0.25, -0.2) is 0 Å². The number of carboxylic acids is 1. The molecule has 0 spiro atoms. The summed E-state index contributed by atoms with van der Waals surface area (Å²) in [6.45, 7) is 5.59. The first kappa shape index (κ1) is 19.7. The van der Waals surface area contributed by atoms with Gasteiger partial charge in [0.15, 0.2) is 0 Å². The Morgan fingerprint density at radius 3 is 2.88 bits per heavy atom. The molecule has 0 fully saturated rings. The van der Waals surface area contributed by atoms with Crippen LogP contribution in [0.25, 0.3) is 5.57 Å². The Morgan fingerprint density at radius 1 is 1.42 bits per heavy atom. The SMILES string of the molecule is C=C/C=C(\C=C/C)c1nnc(SCc2cccc(CC(N)C(=O)O)c2)o1. The molecule has 0 saturated heterocycles. The van der Waals surface area contributed by atoms with Gasteiger partial charge in [0.2, 0.25) is 5.89 Å². The predicted molar refractivity (Wildman–Crippen MR) is 103 cm³/mol. The number of hydrogen-bond acceptors (Lipinski definition) is 6. The second kappa shape index (κ2) is 9.74. The summed E-state index contributed by atoms with van der Waals surface area (Å²) in [5, 5.41) is 17.5. The lowest BCUT2D eigenvalue weighted by molar-refractivity contribution is -0.138. The van der Waals surface area contributed by atoms with E-state index in [1.54, 1.807) is 12.2 Å². The molecule has 0 radical (unpaired) electrons. The van der Waals surface area contributed by atoms with Crippen molar-refractivity contribution in [2.75, 3.05) is 0 Å². The van der Waals surface area contributed by atoms with Crippen LogP contribution in [0.4, 0.5) is 0 Å². The Balaban J connectivity index is 2.02. The fourth-order valence-electron chi connectivity index (χ4n) is 2.22. The molecule has 0 aliphatic heterocycles. The molecule has 2 aromatic rings. The van der Waals surface area contributed by atoms with E-state index in [0.717, 1.165) is 16.7 Å². The lowest BCUT2D eigenvalue weighted by atomic mass is 10.0. The average molecular weight is 371 g/mol. The topological polar surface area (TPSA) is 102 Å². The molecule has 0 aliphatic rings. The van der Waals surface area contributed by atoms with Crippen molar-refractivity contribution in [2.45, 2.75) is 30.4 Å². The Hall–Kier alpha value is -2.64. The third-order valence-electron chi connectivity index (χ3n) is 3.42. The van der Waals surface area contributed by atoms with Gasteiger partial charge < -0.3 is 15.3 Å². The minimum Gasteiger partial charge on any atom is -0.480 e. The second-order valence-corrected chi connectivity index (χ2v) is 6.41. The Kier molecular flexibility index (Phi) is 7.37. The van der Waals surface area contributed by atoms with Crippen LogP contribution in [0.15, 0.2) is 64.8 Å². The summed E-state index contributed by atoms with van der Waals surface area (Å²) in [6.07, 6.45) is 7.52. The Labute approximate surface area is 156 Å². The Bertz CT molecular complexity index is 827. The molecule has 1 atom stereocenters. The van der Waals surface area contributed by atoms with Crippen molar-refractivity contribution in [3.63, 3.8) is 0 Å². The normalized spacial score (nSPS) is 13.1. The van der Waals surface area contributed by atoms with E-state index in [1.807, 2.05) is 43.3 Å². The third kappa shape index (κ3) is 5.72. The van der Waals surface area contributed by atoms with Gasteiger partial charge in [-0.3, -0.25) is 4.79 Å². The molecule has 26 heavy (non-hydrogen) atoms. The van der Waals surface area contributed by atoms with E-state index in [1.165, 1.54) is 11.8 Å². The van der Waals surface area contributed by atoms with Gasteiger partial charge in [-0.2, -0.15) is 0 Å². The number of benzene rings is 1. The van der Waals surface area contributed by atoms with Gasteiger partial charge in [0.05, 0.1) is 0 Å². The average Bonchev–Trinajstić information content (AvgIpc) is 3.09. The molecule has 1 unspecified atom stereocenters. The fourth-order valence-corrected chi connectivity index (χ4v) is 2.93. The second-order valence-electron chi connectivity index (χ2n) is 5.49. The largest absolute Gasteiger partial charge is 0.480 e. The Morgan fingerprint density at radius 2 is 2.19 bits per heavy atom. The molecule has 3 N–H and O–H groups in total. The number of nitrogens with two attached hydrogens (primary N) is 1. The first-order valence-corrected chi connectivity index (χ1v) is 9.00. The molecule has 0 saturated carbocycles. The van der Waals surface area contributed by atoms with Crippen LogP contribution in [0, 0.1) is 0 Å². The van der Waals surface area contributed by atoms with Crippen molar-refractivity contribution in [1.82, 2.24) is 10.2 Å². The number of carboxylic acid groups (broad SMARTS) is 1. The van der Waals surface area contributed by atoms with Gasteiger partial charge in [0, 0.05) is 11.3 Å². The van der Waals surface area contributed by atoms with Crippen molar-refractivity contribution in [1.29, 1.82) is 0 Å². The highest BCUT2D eigenvalue weighted by molar-refractivity contribution is 7.98. The van der Waals surface area contributed by atoms with E-state index in [9.17, 15) is 4.79 Å². The van der Waals surface area contributed by atoms with E-state index in [2.05, 4.69) is 16.8 Å². The highest BCUT2D eigenvalue weighted by Gasteiger charge is 2.13. The quantitative estimate of drug-likeness (QED) is 0.514. The van der Waals surface area contributed by atoms with E-state index < -0.39 is 12.0 Å². The van der Waals surface area contributed by atoms with Crippen LogP contribution in [0.2, 0.25) is 0 Å². The van der Waals surface area contributed by atoms with Crippen LogP contribution in [-0.2, 0) is 17.0 Å². The van der Waals surface area contributed by atoms with Gasteiger partial charge in [0.25, 0.3) is 5.22 Å². The zero-order valence-corrected chi connectivity index (χ0v) is 15.3. The van der Waals surface area contributed by atoms with Gasteiger partial charge in [-0.05, 0) is 24.5 Å². The minimum absolute atomic E-state index is 0.289. The molecule has 0 amide bonds. The van der Waals surface area contributed by atoms with Crippen molar-refractivity contribution in [2.24, 2.45) is 5.73 Å². The van der Waals surface area contributed by atoms with Crippen molar-refractivity contribution in [3.05, 3.63) is 72.2 Å². The molecular formula is C19H21N3O3S. The van der Waals surface area contributed by atoms with Gasteiger partial charge in [-0.1, -0.05) is 66.9 Å². The van der Waals surface area contributed by atoms with Crippen LogP contribution in [0.1, 0.15) is 23.9 Å². The highest BCUT2D eigenvalue weighted by atomic mass is 32.2. The van der Waals surface area contributed by atoms with Crippen molar-refractivity contribution in [3.8, 4) is 0 Å². The first-order chi connectivity index (χ1) is 12.5. The molecule has 1 aromatic heterocycles. The predicted octanol–water partition coefficient (Wildman–Crippen LogP) is 3.46. The molecule has 1 heterocycles. The third-order valence-corrected chi connectivity index (χ3v) is 4.31. The highest BCUT2D eigenvalue weighted by Crippen LogP contribution is 2.25. The summed E-state index contributed by atoms with van der Waals surface area (Å²) in [5.41, 5.74) is 8.30. The van der Waals surface area contributed by atoms with E-state index in [4.69, 9.17) is 15.3 Å². The van der Waals surface area contributed by atoms with Crippen LogP contribution in [0.3, 0.4) is 0 Å². The minimum atomic E-state index is -1.01. The number of carbonyl (C=O) groups is 1. The van der Waals surface area contributed by atoms with E-state index in [0.29, 0.717) is 16.9 Å². The summed E-state index contributed by atoms with van der Waals surface area (Å²) in [7, 11) is 0. The standard InChI is InChI=1S/C19H21N3O3S/c1-3-6-15(7-4-2)17-21-22-19(25-17)26-12-14-9-5-8-13(10-14)11-16(20)18(23)24/h3-10,16H,1,11-12,20H2,2H3,(H,23,24)/b7-4-,15-6+. The monoisotopic (exact) mass is 371 g/mol. The maximum absolute atomic E-state index is 10.9. The molecule has 136 valence electrons. The summed E-state index contributed by atoms with van der Waals surface area (Å²) in [6, 6.07) is 6.75. The zero-order valence-electron chi connectivity index (χ0n) is 14.5. The van der Waals surface area contributed by atoms with Crippen molar-refractivity contribution < 1.29 is 14.3 Å². The van der Waals surface area contributed by atoms with Gasteiger partial charge in [-0.15, -0.1) is 10.2 Å². The van der Waals surface area contributed by atoms with Gasteiger partial charge in [0.1, 0.15) is 6.04 Å². The zero-order chi connectivity index (χ0) is 18.9. The maximum Gasteiger partial charge on any atom is 0.320 e. The number of hydrogen-bond donors (Lipinski definition) is 2. The molecule has 6 nitrogen and oxygen atoms in total. The lowest BCUT2D eigenvalue weighted by Crippen LogP contribution is -2.32. The molecule has 1 aromatic carbocycles. The molecular weight excluding hydrogens is 350 g/mol. The van der Waals surface area contributed by atoms with Crippen LogP contribution in [0.5, 0.6) is 0 Å². The van der Waals surface area contributed by atoms with E-state index in [-0.39, 0.29) is 6.42 Å². The smallest absolute Gasteiger partial charge is 0.320 e. The summed E-state index contributed by atoms with van der Waals surface area (Å²) < 4.78 is 5.67. The first-order valence-electron chi connectivity index (χ1n) is 8.01. The number of rotatable bonds is 9. The lowest BCUT2D eigenvalue weighted by Gasteiger charge is -2.07. The number of aromatic nitrogens is 2. The maximum atomic E-state index is 10.9. The summed E-state index contributed by atoms with van der Waals surface area (Å²) >= 11 is 1.42. The fraction of sp³-hybridized carbons (Fsp3) is 0.211. The van der Waals surface area contributed by atoms with Crippen molar-refractivity contribution >= 4 is 23.3 Å². The summed E-state index contributed by atoms with van der Waals surface area (Å²) in [4.78, 5) is 10.9. The summed E-state index contributed by atoms with van der Waals surface area (Å²) in [5.74, 6) is 0.0569. The molecule has 0 aliphatic carbocycles. The van der Waals surface area contributed by atoms with E-state index >= 15 is 0 Å². The molecule has 7 heteroatoms. The number of aliphatic carboxylic acids is 1. The number of nitrogens with zero attached hydrogens (tertiary/aromatic N) is 2. The van der Waals surface area contributed by atoms with Crippen LogP contribution in [-0.4, -0.2) is 27.3 Å².